The van der Waals surface area contributed by atoms with Crippen LogP contribution in [0.25, 0.3) is 0 Å². The molecular weight excluding hydrogens is 294 g/mol. The number of hydrogen-bond acceptors (Lipinski definition) is 7. The predicted octanol–water partition coefficient (Wildman–Crippen LogP) is 1.99. The van der Waals surface area contributed by atoms with Crippen molar-refractivity contribution < 1.29 is 4.79 Å². The molecule has 0 radical (unpaired) electrons. The van der Waals surface area contributed by atoms with E-state index in [0.29, 0.717) is 24.6 Å². The quantitative estimate of drug-likeness (QED) is 0.584. The lowest BCUT2D eigenvalue weighted by molar-refractivity contribution is -0.128. The molecule has 1 aromatic heterocycles. The molecule has 0 saturated carbocycles. The molecule has 1 N–H and O–H groups in total. The molecule has 0 spiro atoms. The van der Waals surface area contributed by atoms with Crippen LogP contribution in [0.1, 0.15) is 13.3 Å². The average molecular weight is 311 g/mol. The fraction of sp³-hybridized carbons (Fsp3) is 0.500. The van der Waals surface area contributed by atoms with Crippen molar-refractivity contribution >= 4 is 34.1 Å². The number of rotatable bonds is 8. The molecule has 0 aromatic carbocycles. The molecule has 108 valence electrons. The lowest BCUT2D eigenvalue weighted by atomic mass is 10.3. The number of nitrogens with one attached hydrogen (secondary N) is 1. The number of carbonyl (C=O) groups excluding carboxylic acids is 1. The van der Waals surface area contributed by atoms with Gasteiger partial charge in [0.2, 0.25) is 11.0 Å². The summed E-state index contributed by atoms with van der Waals surface area (Å²) in [6.07, 6.45) is 2.08. The first-order valence-electron chi connectivity index (χ1n) is 6.05. The Kier molecular flexibility index (Phi) is 7.04. The smallest absolute Gasteiger partial charge is 0.235 e. The Morgan fingerprint density at radius 1 is 1.70 bits per heavy atom. The number of aromatic nitrogens is 2. The standard InChI is InChI=1S/C12H17N5OS2/c1-4-7-14-11-15-16-12(20-11)19-9(2)10(18)17(3)8-5-6-13/h4,9H,1,5,7-8H2,2-3H3,(H,14,15)/t9-/m0/s1. The Labute approximate surface area is 126 Å². The van der Waals surface area contributed by atoms with Gasteiger partial charge in [0.25, 0.3) is 0 Å². The molecule has 0 aliphatic rings. The van der Waals surface area contributed by atoms with Crippen molar-refractivity contribution in [3.05, 3.63) is 12.7 Å². The van der Waals surface area contributed by atoms with Gasteiger partial charge < -0.3 is 10.2 Å². The van der Waals surface area contributed by atoms with Crippen molar-refractivity contribution in [1.82, 2.24) is 15.1 Å². The van der Waals surface area contributed by atoms with Crippen LogP contribution in [0.3, 0.4) is 0 Å². The molecule has 0 saturated heterocycles. The summed E-state index contributed by atoms with van der Waals surface area (Å²) in [7, 11) is 1.70. The average Bonchev–Trinajstić information content (AvgIpc) is 2.88. The second-order valence-electron chi connectivity index (χ2n) is 3.97. The summed E-state index contributed by atoms with van der Waals surface area (Å²) >= 11 is 2.78. The molecule has 0 unspecified atom stereocenters. The largest absolute Gasteiger partial charge is 0.357 e. The van der Waals surface area contributed by atoms with Crippen LogP contribution < -0.4 is 5.32 Å². The maximum atomic E-state index is 12.1. The van der Waals surface area contributed by atoms with Crippen molar-refractivity contribution in [2.75, 3.05) is 25.5 Å². The summed E-state index contributed by atoms with van der Waals surface area (Å²) in [5, 5.41) is 20.0. The molecular formula is C12H17N5OS2. The first-order valence-corrected chi connectivity index (χ1v) is 7.75. The van der Waals surface area contributed by atoms with Gasteiger partial charge in [-0.3, -0.25) is 4.79 Å². The molecule has 0 aliphatic carbocycles. The van der Waals surface area contributed by atoms with Crippen molar-refractivity contribution in [3.63, 3.8) is 0 Å². The number of carbonyl (C=O) groups is 1. The van der Waals surface area contributed by atoms with Gasteiger partial charge in [-0.1, -0.05) is 29.2 Å². The van der Waals surface area contributed by atoms with E-state index in [-0.39, 0.29) is 11.2 Å². The van der Waals surface area contributed by atoms with E-state index in [4.69, 9.17) is 5.26 Å². The highest BCUT2D eigenvalue weighted by Gasteiger charge is 2.20. The van der Waals surface area contributed by atoms with Gasteiger partial charge in [0.15, 0.2) is 4.34 Å². The fourth-order valence-electron chi connectivity index (χ4n) is 1.33. The van der Waals surface area contributed by atoms with Crippen LogP contribution in [0.5, 0.6) is 0 Å². The van der Waals surface area contributed by atoms with E-state index in [1.807, 2.05) is 13.0 Å². The number of thioether (sulfide) groups is 1. The van der Waals surface area contributed by atoms with E-state index in [0.717, 1.165) is 4.34 Å². The van der Waals surface area contributed by atoms with E-state index < -0.39 is 0 Å². The van der Waals surface area contributed by atoms with Crippen LogP contribution in [0.4, 0.5) is 5.13 Å². The van der Waals surface area contributed by atoms with Gasteiger partial charge in [0, 0.05) is 20.1 Å². The summed E-state index contributed by atoms with van der Waals surface area (Å²) < 4.78 is 0.742. The maximum Gasteiger partial charge on any atom is 0.235 e. The Morgan fingerprint density at radius 3 is 3.10 bits per heavy atom. The highest BCUT2D eigenvalue weighted by atomic mass is 32.2. The summed E-state index contributed by atoms with van der Waals surface area (Å²) in [6.45, 7) is 6.52. The zero-order valence-corrected chi connectivity index (χ0v) is 13.1. The normalized spacial score (nSPS) is 11.4. The monoisotopic (exact) mass is 311 g/mol. The minimum Gasteiger partial charge on any atom is -0.357 e. The van der Waals surface area contributed by atoms with Gasteiger partial charge in [-0.25, -0.2) is 0 Å². The fourth-order valence-corrected chi connectivity index (χ4v) is 3.35. The topological polar surface area (TPSA) is 81.9 Å². The highest BCUT2D eigenvalue weighted by Crippen LogP contribution is 2.29. The predicted molar refractivity (Wildman–Crippen MR) is 81.8 cm³/mol. The Hall–Kier alpha value is -1.59. The third kappa shape index (κ3) is 5.19. The Bertz CT molecular complexity index is 496. The molecule has 0 aliphatic heterocycles. The summed E-state index contributed by atoms with van der Waals surface area (Å²) in [6, 6.07) is 2.03. The second-order valence-corrected chi connectivity index (χ2v) is 6.54. The third-order valence-corrected chi connectivity index (χ3v) is 4.42. The molecule has 0 bridgehead atoms. The Balaban J connectivity index is 2.50. The van der Waals surface area contributed by atoms with E-state index in [1.165, 1.54) is 23.1 Å². The Morgan fingerprint density at radius 2 is 2.45 bits per heavy atom. The van der Waals surface area contributed by atoms with Crippen LogP contribution in [0.2, 0.25) is 0 Å². The van der Waals surface area contributed by atoms with Gasteiger partial charge >= 0.3 is 0 Å². The molecule has 1 aromatic rings. The van der Waals surface area contributed by atoms with Gasteiger partial charge in [-0.2, -0.15) is 5.26 Å². The van der Waals surface area contributed by atoms with Crippen LogP contribution >= 0.6 is 23.1 Å². The highest BCUT2D eigenvalue weighted by molar-refractivity contribution is 8.02. The van der Waals surface area contributed by atoms with E-state index in [1.54, 1.807) is 18.0 Å². The number of nitrogens with zero attached hydrogens (tertiary/aromatic N) is 4. The lowest BCUT2D eigenvalue weighted by Gasteiger charge is -2.18. The zero-order valence-electron chi connectivity index (χ0n) is 11.5. The van der Waals surface area contributed by atoms with E-state index in [9.17, 15) is 4.79 Å². The van der Waals surface area contributed by atoms with Crippen molar-refractivity contribution in [2.45, 2.75) is 22.9 Å². The minimum absolute atomic E-state index is 0.0129. The second kappa shape index (κ2) is 8.55. The maximum absolute atomic E-state index is 12.1. The van der Waals surface area contributed by atoms with Gasteiger partial charge in [0.05, 0.1) is 17.7 Å². The summed E-state index contributed by atoms with van der Waals surface area (Å²) in [5.41, 5.74) is 0. The SMILES string of the molecule is C=CCNc1nnc(S[C@@H](C)C(=O)N(C)CCC#N)s1. The van der Waals surface area contributed by atoms with Gasteiger partial charge in [0.1, 0.15) is 0 Å². The van der Waals surface area contributed by atoms with Gasteiger partial charge in [-0.05, 0) is 6.92 Å². The zero-order chi connectivity index (χ0) is 15.0. The van der Waals surface area contributed by atoms with Crippen molar-refractivity contribution in [3.8, 4) is 6.07 Å². The van der Waals surface area contributed by atoms with Crippen LogP contribution in [-0.2, 0) is 4.79 Å². The van der Waals surface area contributed by atoms with E-state index >= 15 is 0 Å². The first kappa shape index (κ1) is 16.5. The molecule has 1 atom stereocenters. The molecule has 1 amide bonds. The summed E-state index contributed by atoms with van der Waals surface area (Å²) in [5.74, 6) is -0.0129. The first-order chi connectivity index (χ1) is 9.58. The summed E-state index contributed by atoms with van der Waals surface area (Å²) in [4.78, 5) is 13.6. The molecule has 1 heterocycles. The molecule has 6 nitrogen and oxygen atoms in total. The van der Waals surface area contributed by atoms with Crippen LogP contribution in [0, 0.1) is 11.3 Å². The number of hydrogen-bond donors (Lipinski definition) is 1. The van der Waals surface area contributed by atoms with Crippen molar-refractivity contribution in [2.24, 2.45) is 0 Å². The van der Waals surface area contributed by atoms with Crippen LogP contribution in [0.15, 0.2) is 17.0 Å². The molecule has 1 rings (SSSR count). The lowest BCUT2D eigenvalue weighted by Crippen LogP contribution is -2.33. The number of nitriles is 1. The van der Waals surface area contributed by atoms with Crippen molar-refractivity contribution in [1.29, 1.82) is 5.26 Å². The number of anilines is 1. The number of amides is 1. The molecule has 20 heavy (non-hydrogen) atoms. The van der Waals surface area contributed by atoms with Crippen LogP contribution in [-0.4, -0.2) is 46.4 Å². The van der Waals surface area contributed by atoms with E-state index in [2.05, 4.69) is 22.1 Å². The van der Waals surface area contributed by atoms with Gasteiger partial charge in [-0.15, -0.1) is 16.8 Å². The third-order valence-electron chi connectivity index (χ3n) is 2.36. The molecule has 0 fully saturated rings. The minimum atomic E-state index is -0.251. The molecule has 8 heteroatoms.